The number of fused-ring (bicyclic) bond motifs is 1. The molecule has 1 aromatic heterocycles. The Balaban J connectivity index is 0.883. The van der Waals surface area contributed by atoms with Crippen molar-refractivity contribution < 1.29 is 18.0 Å². The largest absolute Gasteiger partial charge is 0.338 e. The lowest BCUT2D eigenvalue weighted by Gasteiger charge is -2.29. The van der Waals surface area contributed by atoms with Crippen molar-refractivity contribution in [3.05, 3.63) is 95.8 Å². The van der Waals surface area contributed by atoms with E-state index in [1.807, 2.05) is 53.2 Å². The predicted molar refractivity (Wildman–Crippen MR) is 191 cm³/mol. The first kappa shape index (κ1) is 32.4. The van der Waals surface area contributed by atoms with Crippen LogP contribution in [-0.2, 0) is 26.5 Å². The summed E-state index contributed by atoms with van der Waals surface area (Å²) in [7, 11) is -1.43. The monoisotopic (exact) mass is 692 g/mol. The Morgan fingerprint density at radius 1 is 0.980 bits per heavy atom. The molecule has 2 saturated heterocycles. The molecule has 1 spiro atoms. The Kier molecular flexibility index (Phi) is 8.08. The molecule has 4 aliphatic heterocycles. The van der Waals surface area contributed by atoms with E-state index in [0.717, 1.165) is 59.4 Å². The van der Waals surface area contributed by atoms with E-state index in [1.165, 1.54) is 11.8 Å². The number of hydrogen-bond acceptors (Lipinski definition) is 9. The second-order valence-corrected chi connectivity index (χ2v) is 15.9. The van der Waals surface area contributed by atoms with E-state index in [0.29, 0.717) is 38.5 Å². The number of rotatable bonds is 7. The van der Waals surface area contributed by atoms with Gasteiger partial charge in [0.2, 0.25) is 11.8 Å². The molecular formula is C37H40N8O4S. The van der Waals surface area contributed by atoms with E-state index in [9.17, 15) is 18.0 Å². The van der Waals surface area contributed by atoms with Crippen LogP contribution in [0.5, 0.6) is 0 Å². The Hall–Kier alpha value is -4.85. The number of hydrazine groups is 1. The molecule has 0 aliphatic carbocycles. The van der Waals surface area contributed by atoms with Gasteiger partial charge in [0.1, 0.15) is 6.33 Å². The molecule has 5 heterocycles. The average molecular weight is 693 g/mol. The maximum atomic E-state index is 14.0. The Labute approximate surface area is 291 Å². The van der Waals surface area contributed by atoms with Crippen molar-refractivity contribution in [2.24, 2.45) is 12.5 Å². The van der Waals surface area contributed by atoms with Crippen LogP contribution in [-0.4, -0.2) is 90.3 Å². The Morgan fingerprint density at radius 2 is 1.74 bits per heavy atom. The third kappa shape index (κ3) is 5.99. The zero-order valence-electron chi connectivity index (χ0n) is 28.2. The molecule has 4 aliphatic rings. The van der Waals surface area contributed by atoms with Crippen LogP contribution < -0.4 is 15.8 Å². The summed E-state index contributed by atoms with van der Waals surface area (Å²) in [6.45, 7) is 3.51. The summed E-state index contributed by atoms with van der Waals surface area (Å²) in [5.74, 6) is 0.926. The number of hydrogen-bond donors (Lipinski definition) is 2. The van der Waals surface area contributed by atoms with Crippen molar-refractivity contribution in [3.63, 3.8) is 0 Å². The maximum Gasteiger partial charge on any atom is 0.237 e. The van der Waals surface area contributed by atoms with Crippen molar-refractivity contribution >= 4 is 38.6 Å². The van der Waals surface area contributed by atoms with Crippen LogP contribution in [0.2, 0.25) is 0 Å². The third-order valence-corrected chi connectivity index (χ3v) is 11.8. The van der Waals surface area contributed by atoms with Gasteiger partial charge < -0.3 is 15.2 Å². The first-order valence-corrected chi connectivity index (χ1v) is 18.9. The van der Waals surface area contributed by atoms with Crippen LogP contribution in [0.3, 0.4) is 0 Å². The molecule has 0 saturated carbocycles. The summed E-state index contributed by atoms with van der Waals surface area (Å²) >= 11 is 0. The van der Waals surface area contributed by atoms with Gasteiger partial charge in [0, 0.05) is 56.3 Å². The second-order valence-electron chi connectivity index (χ2n) is 13.9. The number of nitrogens with zero attached hydrogens (tertiary/aromatic N) is 6. The highest BCUT2D eigenvalue weighted by molar-refractivity contribution is 7.90. The van der Waals surface area contributed by atoms with Crippen LogP contribution in [0.25, 0.3) is 17.0 Å². The minimum Gasteiger partial charge on any atom is -0.338 e. The number of sulfone groups is 1. The van der Waals surface area contributed by atoms with Gasteiger partial charge in [0.15, 0.2) is 15.7 Å². The van der Waals surface area contributed by atoms with E-state index >= 15 is 0 Å². The first-order valence-electron chi connectivity index (χ1n) is 17.0. The SMILES string of the molecule is Cn1cnc(-c2ccc(C3=CCN(C(=O)CN4CC[C@]5(CCN(c6ccc7c(c6)C(c6ccc(S(C)(=O)=O)cc6)NN7)C5=O)C4)CC3)cc2)n1. The number of likely N-dealkylation sites (tertiary alicyclic amines) is 1. The second kappa shape index (κ2) is 12.5. The van der Waals surface area contributed by atoms with Gasteiger partial charge in [-0.3, -0.25) is 19.2 Å². The number of carbonyl (C=O) groups is 2. The van der Waals surface area contributed by atoms with Crippen LogP contribution in [0.1, 0.15) is 42.0 Å². The number of amides is 2. The molecule has 0 radical (unpaired) electrons. The van der Waals surface area contributed by atoms with Crippen LogP contribution in [0.15, 0.2) is 84.0 Å². The number of aryl methyl sites for hydroxylation is 1. The Morgan fingerprint density at radius 3 is 2.44 bits per heavy atom. The average Bonchev–Trinajstić information content (AvgIpc) is 3.92. The van der Waals surface area contributed by atoms with Crippen molar-refractivity contribution in [1.82, 2.24) is 30.0 Å². The van der Waals surface area contributed by atoms with Crippen LogP contribution in [0.4, 0.5) is 11.4 Å². The van der Waals surface area contributed by atoms with Crippen molar-refractivity contribution in [2.45, 2.75) is 30.2 Å². The van der Waals surface area contributed by atoms with Gasteiger partial charge in [0.25, 0.3) is 0 Å². The molecule has 4 aromatic rings. The molecule has 3 aromatic carbocycles. The number of nitrogens with one attached hydrogen (secondary N) is 2. The van der Waals surface area contributed by atoms with Crippen molar-refractivity contribution in [2.75, 3.05) is 55.9 Å². The molecule has 2 amide bonds. The third-order valence-electron chi connectivity index (χ3n) is 10.6. The van der Waals surface area contributed by atoms with Crippen LogP contribution >= 0.6 is 0 Å². The van der Waals surface area contributed by atoms with Gasteiger partial charge in [-0.1, -0.05) is 42.5 Å². The van der Waals surface area contributed by atoms with Gasteiger partial charge in [-0.2, -0.15) is 5.10 Å². The topological polar surface area (TPSA) is 133 Å². The summed E-state index contributed by atoms with van der Waals surface area (Å²) in [4.78, 5) is 38.0. The molecule has 2 atom stereocenters. The van der Waals surface area contributed by atoms with E-state index in [1.54, 1.807) is 23.1 Å². The maximum absolute atomic E-state index is 14.0. The molecule has 0 bridgehead atoms. The normalized spacial score (nSPS) is 22.2. The molecule has 258 valence electrons. The highest BCUT2D eigenvalue weighted by Gasteiger charge is 2.51. The Bertz CT molecular complexity index is 2110. The number of anilines is 2. The lowest BCUT2D eigenvalue weighted by Crippen LogP contribution is -2.43. The number of benzene rings is 3. The standard InChI is InChI=1S/C37H40N8O4S/c1-42-24-38-35(41-42)28-5-3-25(4-6-28)26-13-17-44(18-14-26)33(46)22-43-19-15-37(23-43)16-20-45(36(37)47)29-9-12-32-31(21-29)34(40-39-32)27-7-10-30(11-8-27)50(2,48)49/h3-13,21,24,34,39-40H,14-20,22-23H2,1-2H3/t34?,37-/m0/s1. The summed E-state index contributed by atoms with van der Waals surface area (Å²) in [5, 5.41) is 4.37. The van der Waals surface area contributed by atoms with Gasteiger partial charge in [-0.15, -0.1) is 0 Å². The van der Waals surface area contributed by atoms with E-state index < -0.39 is 15.3 Å². The minimum atomic E-state index is -3.29. The van der Waals surface area contributed by atoms with Gasteiger partial charge in [-0.05, 0) is 72.8 Å². The molecule has 2 fully saturated rings. The van der Waals surface area contributed by atoms with Crippen molar-refractivity contribution in [1.29, 1.82) is 0 Å². The molecule has 8 rings (SSSR count). The van der Waals surface area contributed by atoms with E-state index in [4.69, 9.17) is 0 Å². The molecule has 2 N–H and O–H groups in total. The predicted octanol–water partition coefficient (Wildman–Crippen LogP) is 3.65. The lowest BCUT2D eigenvalue weighted by molar-refractivity contribution is -0.132. The zero-order chi connectivity index (χ0) is 34.6. The number of carbonyl (C=O) groups excluding carboxylic acids is 2. The van der Waals surface area contributed by atoms with Gasteiger partial charge in [-0.25, -0.2) is 18.8 Å². The smallest absolute Gasteiger partial charge is 0.237 e. The molecule has 13 heteroatoms. The zero-order valence-corrected chi connectivity index (χ0v) is 29.0. The highest BCUT2D eigenvalue weighted by atomic mass is 32.2. The summed E-state index contributed by atoms with van der Waals surface area (Å²) in [5.41, 5.74) is 13.1. The fraction of sp³-hybridized carbons (Fsp3) is 0.351. The molecule has 1 unspecified atom stereocenters. The summed E-state index contributed by atoms with van der Waals surface area (Å²) in [6.07, 6.45) is 7.33. The van der Waals surface area contributed by atoms with Crippen molar-refractivity contribution in [3.8, 4) is 11.4 Å². The minimum absolute atomic E-state index is 0.102. The lowest BCUT2D eigenvalue weighted by atomic mass is 9.85. The number of aromatic nitrogens is 3. The molecular weight excluding hydrogens is 653 g/mol. The quantitative estimate of drug-likeness (QED) is 0.298. The summed E-state index contributed by atoms with van der Waals surface area (Å²) in [6, 6.07) is 21.0. The first-order chi connectivity index (χ1) is 24.1. The fourth-order valence-electron chi connectivity index (χ4n) is 7.76. The van der Waals surface area contributed by atoms with Gasteiger partial charge in [0.05, 0.1) is 28.6 Å². The van der Waals surface area contributed by atoms with Crippen LogP contribution in [0, 0.1) is 5.41 Å². The summed E-state index contributed by atoms with van der Waals surface area (Å²) < 4.78 is 25.6. The highest BCUT2D eigenvalue weighted by Crippen LogP contribution is 2.44. The van der Waals surface area contributed by atoms with E-state index in [2.05, 4.69) is 50.1 Å². The molecule has 12 nitrogen and oxygen atoms in total. The fourth-order valence-corrected chi connectivity index (χ4v) is 8.39. The van der Waals surface area contributed by atoms with Gasteiger partial charge >= 0.3 is 0 Å². The van der Waals surface area contributed by atoms with E-state index in [-0.39, 0.29) is 22.8 Å². The molecule has 50 heavy (non-hydrogen) atoms.